The third kappa shape index (κ3) is 2.12. The molecule has 0 saturated heterocycles. The van der Waals surface area contributed by atoms with E-state index in [1.807, 2.05) is 20.0 Å². The minimum absolute atomic E-state index is 0.373. The minimum Gasteiger partial charge on any atom is -0.236 e. The first-order valence-corrected chi connectivity index (χ1v) is 5.75. The van der Waals surface area contributed by atoms with Crippen LogP contribution >= 0.6 is 34.2 Å². The first kappa shape index (κ1) is 10.8. The third-order valence-corrected chi connectivity index (χ3v) is 2.83. The van der Waals surface area contributed by atoms with Gasteiger partial charge < -0.3 is 0 Å². The predicted octanol–water partition coefficient (Wildman–Crippen LogP) is 2.54. The largest absolute Gasteiger partial charge is 0.236 e. The highest BCUT2D eigenvalue weighted by molar-refractivity contribution is 14.1. The van der Waals surface area contributed by atoms with Crippen LogP contribution in [-0.4, -0.2) is 19.7 Å². The summed E-state index contributed by atoms with van der Waals surface area (Å²) in [7, 11) is 0. The van der Waals surface area contributed by atoms with Crippen molar-refractivity contribution in [3.05, 3.63) is 32.5 Å². The van der Waals surface area contributed by atoms with Gasteiger partial charge in [0.2, 0.25) is 0 Å². The molecule has 0 unspecified atom stereocenters. The monoisotopic (exact) mass is 334 g/mol. The lowest BCUT2D eigenvalue weighted by molar-refractivity contribution is 0.824. The van der Waals surface area contributed by atoms with Crippen molar-refractivity contribution in [1.82, 2.24) is 19.7 Å². The van der Waals surface area contributed by atoms with Crippen molar-refractivity contribution in [2.24, 2.45) is 0 Å². The molecule has 2 aromatic heterocycles. The zero-order valence-corrected chi connectivity index (χ0v) is 11.1. The first-order chi connectivity index (χ1) is 7.08. The number of hydrogen-bond donors (Lipinski definition) is 0. The van der Waals surface area contributed by atoms with Crippen LogP contribution in [0.4, 0.5) is 0 Å². The molecule has 0 aliphatic heterocycles. The predicted molar refractivity (Wildman–Crippen MR) is 66.4 cm³/mol. The van der Waals surface area contributed by atoms with Gasteiger partial charge in [-0.05, 0) is 36.4 Å². The molecule has 15 heavy (non-hydrogen) atoms. The Hall–Kier alpha value is -0.690. The number of halogens is 2. The van der Waals surface area contributed by atoms with E-state index in [0.717, 1.165) is 15.0 Å². The number of rotatable bonds is 1. The number of hydrogen-bond acceptors (Lipinski definition) is 3. The van der Waals surface area contributed by atoms with E-state index >= 15 is 0 Å². The van der Waals surface area contributed by atoms with Gasteiger partial charge in [0.15, 0.2) is 11.0 Å². The summed E-state index contributed by atoms with van der Waals surface area (Å²) < 4.78 is 2.66. The van der Waals surface area contributed by atoms with Gasteiger partial charge in [0.25, 0.3) is 0 Å². The molecule has 2 rings (SSSR count). The summed E-state index contributed by atoms with van der Waals surface area (Å²) in [6, 6.07) is 0. The van der Waals surface area contributed by atoms with Gasteiger partial charge >= 0.3 is 0 Å². The molecule has 0 N–H and O–H groups in total. The standard InChI is InChI=1S/C9H8ClIN4/c1-5-6(2)14-9(8(10)13-5)15-4-7(11)3-12-15/h3-4H,1-2H3. The van der Waals surface area contributed by atoms with Crippen molar-refractivity contribution < 1.29 is 0 Å². The van der Waals surface area contributed by atoms with Gasteiger partial charge in [-0.25, -0.2) is 14.6 Å². The lowest BCUT2D eigenvalue weighted by atomic mass is 10.3. The van der Waals surface area contributed by atoms with Gasteiger partial charge in [-0.3, -0.25) is 0 Å². The zero-order chi connectivity index (χ0) is 11.0. The average Bonchev–Trinajstić information content (AvgIpc) is 2.58. The highest BCUT2D eigenvalue weighted by Gasteiger charge is 2.09. The molecule has 0 amide bonds. The molecule has 2 heterocycles. The van der Waals surface area contributed by atoms with E-state index in [0.29, 0.717) is 11.0 Å². The highest BCUT2D eigenvalue weighted by Crippen LogP contribution is 2.17. The molecule has 2 aromatic rings. The van der Waals surface area contributed by atoms with Gasteiger partial charge in [0.1, 0.15) is 0 Å². The molecule has 0 bridgehead atoms. The summed E-state index contributed by atoms with van der Waals surface area (Å²) >= 11 is 8.19. The summed E-state index contributed by atoms with van der Waals surface area (Å²) in [6.07, 6.45) is 3.60. The number of aryl methyl sites for hydroxylation is 2. The van der Waals surface area contributed by atoms with Gasteiger partial charge in [0.05, 0.1) is 21.2 Å². The fourth-order valence-corrected chi connectivity index (χ4v) is 1.77. The van der Waals surface area contributed by atoms with E-state index in [9.17, 15) is 0 Å². The van der Waals surface area contributed by atoms with Crippen molar-refractivity contribution in [2.75, 3.05) is 0 Å². The highest BCUT2D eigenvalue weighted by atomic mass is 127. The number of aromatic nitrogens is 4. The molecule has 0 atom stereocenters. The fraction of sp³-hybridized carbons (Fsp3) is 0.222. The maximum atomic E-state index is 6.01. The quantitative estimate of drug-likeness (QED) is 0.753. The van der Waals surface area contributed by atoms with Crippen LogP contribution in [-0.2, 0) is 0 Å². The Kier molecular flexibility index (Phi) is 2.92. The van der Waals surface area contributed by atoms with Crippen molar-refractivity contribution in [1.29, 1.82) is 0 Å². The Bertz CT molecular complexity index is 509. The molecule has 0 radical (unpaired) electrons. The smallest absolute Gasteiger partial charge is 0.191 e. The fourth-order valence-electron chi connectivity index (χ4n) is 1.13. The lowest BCUT2D eigenvalue weighted by Crippen LogP contribution is -2.04. The van der Waals surface area contributed by atoms with Gasteiger partial charge in [-0.15, -0.1) is 0 Å². The second-order valence-corrected chi connectivity index (χ2v) is 4.72. The second-order valence-electron chi connectivity index (χ2n) is 3.11. The maximum absolute atomic E-state index is 6.01. The van der Waals surface area contributed by atoms with Gasteiger partial charge in [-0.1, -0.05) is 11.6 Å². The summed E-state index contributed by atoms with van der Waals surface area (Å²) in [5, 5.41) is 4.51. The minimum atomic E-state index is 0.373. The Balaban J connectivity index is 2.58. The van der Waals surface area contributed by atoms with Crippen molar-refractivity contribution in [2.45, 2.75) is 13.8 Å². The molecule has 78 valence electrons. The lowest BCUT2D eigenvalue weighted by Gasteiger charge is -2.05. The molecule has 0 spiro atoms. The SMILES string of the molecule is Cc1nc(Cl)c(-n2cc(I)cn2)nc1C. The van der Waals surface area contributed by atoms with E-state index in [4.69, 9.17) is 11.6 Å². The Morgan fingerprint density at radius 3 is 2.53 bits per heavy atom. The van der Waals surface area contributed by atoms with E-state index in [1.165, 1.54) is 0 Å². The molecular weight excluding hydrogens is 326 g/mol. The van der Waals surface area contributed by atoms with Crippen LogP contribution in [0.3, 0.4) is 0 Å². The van der Waals surface area contributed by atoms with Gasteiger partial charge in [-0.2, -0.15) is 5.10 Å². The maximum Gasteiger partial charge on any atom is 0.191 e. The van der Waals surface area contributed by atoms with E-state index in [1.54, 1.807) is 10.9 Å². The molecule has 4 nitrogen and oxygen atoms in total. The van der Waals surface area contributed by atoms with Crippen LogP contribution in [0.1, 0.15) is 11.4 Å². The Labute approximate surface area is 106 Å². The summed E-state index contributed by atoms with van der Waals surface area (Å²) in [6.45, 7) is 3.78. The Morgan fingerprint density at radius 1 is 1.27 bits per heavy atom. The molecule has 0 fully saturated rings. The first-order valence-electron chi connectivity index (χ1n) is 4.29. The topological polar surface area (TPSA) is 43.6 Å². The van der Waals surface area contributed by atoms with Crippen LogP contribution in [0.25, 0.3) is 5.82 Å². The van der Waals surface area contributed by atoms with Crippen molar-refractivity contribution >= 4 is 34.2 Å². The summed E-state index contributed by atoms with van der Waals surface area (Å²) in [5.74, 6) is 0.572. The van der Waals surface area contributed by atoms with E-state index in [-0.39, 0.29) is 0 Å². The summed E-state index contributed by atoms with van der Waals surface area (Å²) in [4.78, 5) is 8.56. The van der Waals surface area contributed by atoms with E-state index < -0.39 is 0 Å². The Morgan fingerprint density at radius 2 is 1.93 bits per heavy atom. The second kappa shape index (κ2) is 4.05. The van der Waals surface area contributed by atoms with E-state index in [2.05, 4.69) is 37.7 Å². The van der Waals surface area contributed by atoms with Gasteiger partial charge in [0, 0.05) is 6.20 Å². The van der Waals surface area contributed by atoms with Crippen LogP contribution in [0.5, 0.6) is 0 Å². The van der Waals surface area contributed by atoms with Crippen LogP contribution in [0, 0.1) is 17.4 Å². The molecular formula is C9H8ClIN4. The zero-order valence-electron chi connectivity index (χ0n) is 8.20. The molecule has 0 aliphatic rings. The molecule has 6 heteroatoms. The molecule has 0 aromatic carbocycles. The van der Waals surface area contributed by atoms with Crippen molar-refractivity contribution in [3.63, 3.8) is 0 Å². The normalized spacial score (nSPS) is 10.7. The molecule has 0 saturated carbocycles. The molecule has 0 aliphatic carbocycles. The van der Waals surface area contributed by atoms with Crippen molar-refractivity contribution in [3.8, 4) is 5.82 Å². The average molecular weight is 335 g/mol. The number of nitrogens with zero attached hydrogens (tertiary/aromatic N) is 4. The summed E-state index contributed by atoms with van der Waals surface area (Å²) in [5.41, 5.74) is 1.70. The third-order valence-electron chi connectivity index (χ3n) is 2.02. The van der Waals surface area contributed by atoms with Crippen LogP contribution in [0.15, 0.2) is 12.4 Å². The van der Waals surface area contributed by atoms with Crippen LogP contribution < -0.4 is 0 Å². The van der Waals surface area contributed by atoms with Crippen LogP contribution in [0.2, 0.25) is 5.15 Å².